The Morgan fingerprint density at radius 3 is 2.88 bits per heavy atom. The number of rotatable bonds is 6. The fourth-order valence-corrected chi connectivity index (χ4v) is 1.90. The van der Waals surface area contributed by atoms with Crippen molar-refractivity contribution in [1.82, 2.24) is 4.90 Å². The van der Waals surface area contributed by atoms with E-state index in [4.69, 9.17) is 15.7 Å². The number of hydrogen-bond donors (Lipinski definition) is 1. The summed E-state index contributed by atoms with van der Waals surface area (Å²) in [6, 6.07) is 2.13. The third-order valence-corrected chi connectivity index (χ3v) is 3.14. The normalized spacial score (nSPS) is 24.3. The van der Waals surface area contributed by atoms with E-state index in [2.05, 4.69) is 17.9 Å². The Morgan fingerprint density at radius 1 is 1.62 bits per heavy atom. The molecule has 4 heteroatoms. The van der Waals surface area contributed by atoms with Crippen molar-refractivity contribution in [2.24, 2.45) is 5.73 Å². The Balaban J connectivity index is 2.29. The van der Waals surface area contributed by atoms with Gasteiger partial charge in [-0.05, 0) is 32.7 Å². The van der Waals surface area contributed by atoms with E-state index in [1.807, 2.05) is 0 Å². The van der Waals surface area contributed by atoms with Crippen LogP contribution in [0.1, 0.15) is 33.1 Å². The molecule has 1 fully saturated rings. The minimum absolute atomic E-state index is 0.381. The zero-order valence-corrected chi connectivity index (χ0v) is 10.4. The van der Waals surface area contributed by atoms with E-state index in [1.54, 1.807) is 6.92 Å². The molecule has 1 rings (SSSR count). The Hall–Kier alpha value is -0.630. The van der Waals surface area contributed by atoms with Gasteiger partial charge in [-0.1, -0.05) is 6.92 Å². The van der Waals surface area contributed by atoms with Gasteiger partial charge in [0.05, 0.1) is 12.2 Å². The molecule has 0 radical (unpaired) electrons. The third kappa shape index (κ3) is 4.48. The molecule has 0 aliphatic carbocycles. The number of hydrogen-bond acceptors (Lipinski definition) is 4. The fraction of sp³-hybridized carbons (Fsp3) is 0.917. The van der Waals surface area contributed by atoms with Gasteiger partial charge < -0.3 is 15.4 Å². The highest BCUT2D eigenvalue weighted by molar-refractivity contribution is 5.01. The third-order valence-electron chi connectivity index (χ3n) is 3.14. The summed E-state index contributed by atoms with van der Waals surface area (Å²) in [5.41, 5.74) is 5.10. The second kappa shape index (κ2) is 6.19. The summed E-state index contributed by atoms with van der Waals surface area (Å²) in [5.74, 6) is 0. The van der Waals surface area contributed by atoms with Gasteiger partial charge in [-0.2, -0.15) is 5.26 Å². The smallest absolute Gasteiger partial charge is 0.102 e. The Labute approximate surface area is 98.4 Å². The van der Waals surface area contributed by atoms with Crippen LogP contribution in [-0.2, 0) is 4.74 Å². The van der Waals surface area contributed by atoms with Crippen LogP contribution < -0.4 is 5.73 Å². The van der Waals surface area contributed by atoms with E-state index in [0.717, 1.165) is 32.7 Å². The van der Waals surface area contributed by atoms with Crippen molar-refractivity contribution in [3.63, 3.8) is 0 Å². The maximum absolute atomic E-state index is 8.85. The highest BCUT2D eigenvalue weighted by Crippen LogP contribution is 2.14. The lowest BCUT2D eigenvalue weighted by molar-refractivity contribution is 0.0733. The van der Waals surface area contributed by atoms with E-state index in [1.165, 1.54) is 6.42 Å². The molecule has 0 amide bonds. The second-order valence-electron chi connectivity index (χ2n) is 4.81. The first kappa shape index (κ1) is 13.4. The van der Waals surface area contributed by atoms with Crippen LogP contribution in [0.5, 0.6) is 0 Å². The van der Waals surface area contributed by atoms with Gasteiger partial charge in [0.2, 0.25) is 0 Å². The Morgan fingerprint density at radius 2 is 2.38 bits per heavy atom. The first-order chi connectivity index (χ1) is 7.57. The summed E-state index contributed by atoms with van der Waals surface area (Å²) < 4.78 is 5.61. The highest BCUT2D eigenvalue weighted by Gasteiger charge is 2.21. The molecule has 1 heterocycles. The molecule has 0 aromatic rings. The molecule has 0 spiro atoms. The molecule has 2 atom stereocenters. The van der Waals surface area contributed by atoms with Crippen LogP contribution in [-0.4, -0.2) is 42.8 Å². The van der Waals surface area contributed by atoms with Crippen molar-refractivity contribution in [2.45, 2.75) is 44.8 Å². The minimum atomic E-state index is -0.704. The lowest BCUT2D eigenvalue weighted by atomic mass is 10.0. The average Bonchev–Trinajstić information content (AvgIpc) is 2.77. The topological polar surface area (TPSA) is 62.3 Å². The first-order valence-corrected chi connectivity index (χ1v) is 6.11. The molecule has 0 saturated carbocycles. The monoisotopic (exact) mass is 225 g/mol. The summed E-state index contributed by atoms with van der Waals surface area (Å²) in [5, 5.41) is 8.85. The molecular weight excluding hydrogens is 202 g/mol. The molecule has 1 aliphatic heterocycles. The molecule has 0 aromatic carbocycles. The first-order valence-electron chi connectivity index (χ1n) is 6.11. The summed E-state index contributed by atoms with van der Waals surface area (Å²) in [6.45, 7) is 7.65. The van der Waals surface area contributed by atoms with Gasteiger partial charge in [-0.15, -0.1) is 0 Å². The predicted octanol–water partition coefficient (Wildman–Crippen LogP) is 1.12. The second-order valence-corrected chi connectivity index (χ2v) is 4.81. The van der Waals surface area contributed by atoms with Gasteiger partial charge in [-0.25, -0.2) is 0 Å². The van der Waals surface area contributed by atoms with Crippen molar-refractivity contribution >= 4 is 0 Å². The average molecular weight is 225 g/mol. The highest BCUT2D eigenvalue weighted by atomic mass is 16.5. The zero-order chi connectivity index (χ0) is 12.0. The molecule has 0 aromatic heterocycles. The molecule has 92 valence electrons. The molecule has 0 bridgehead atoms. The van der Waals surface area contributed by atoms with Crippen molar-refractivity contribution in [3.8, 4) is 6.07 Å². The lowest BCUT2D eigenvalue weighted by Gasteiger charge is -2.26. The van der Waals surface area contributed by atoms with Crippen LogP contribution in [0.3, 0.4) is 0 Å². The number of nitrogens with two attached hydrogens (primary N) is 1. The fourth-order valence-electron chi connectivity index (χ4n) is 1.90. The van der Waals surface area contributed by atoms with Gasteiger partial charge in [0.25, 0.3) is 0 Å². The summed E-state index contributed by atoms with van der Waals surface area (Å²) in [4.78, 5) is 2.32. The maximum Gasteiger partial charge on any atom is 0.102 e. The van der Waals surface area contributed by atoms with Crippen molar-refractivity contribution < 1.29 is 4.74 Å². The number of likely N-dealkylation sites (N-methyl/N-ethyl adjacent to an activating group) is 1. The van der Waals surface area contributed by atoms with Crippen LogP contribution in [0.15, 0.2) is 0 Å². The van der Waals surface area contributed by atoms with Crippen LogP contribution in [0.2, 0.25) is 0 Å². The molecule has 1 saturated heterocycles. The van der Waals surface area contributed by atoms with E-state index in [-0.39, 0.29) is 0 Å². The van der Waals surface area contributed by atoms with Crippen LogP contribution in [0, 0.1) is 11.3 Å². The quantitative estimate of drug-likeness (QED) is 0.736. The van der Waals surface area contributed by atoms with Crippen molar-refractivity contribution in [3.05, 3.63) is 0 Å². The Kier molecular flexibility index (Phi) is 5.20. The molecule has 1 aliphatic rings. The maximum atomic E-state index is 8.85. The van der Waals surface area contributed by atoms with Crippen LogP contribution in [0.25, 0.3) is 0 Å². The minimum Gasteiger partial charge on any atom is -0.377 e. The Bertz CT molecular complexity index is 241. The van der Waals surface area contributed by atoms with Gasteiger partial charge in [0.15, 0.2) is 0 Å². The standard InChI is InChI=1S/C12H23N3O/c1-3-15(7-6-12(2,14)10-13)9-11-5-4-8-16-11/h11H,3-9,14H2,1-2H3. The summed E-state index contributed by atoms with van der Waals surface area (Å²) in [7, 11) is 0. The zero-order valence-electron chi connectivity index (χ0n) is 10.4. The number of ether oxygens (including phenoxy) is 1. The summed E-state index contributed by atoms with van der Waals surface area (Å²) >= 11 is 0. The van der Waals surface area contributed by atoms with Crippen molar-refractivity contribution in [1.29, 1.82) is 5.26 Å². The van der Waals surface area contributed by atoms with Gasteiger partial charge >= 0.3 is 0 Å². The molecule has 16 heavy (non-hydrogen) atoms. The lowest BCUT2D eigenvalue weighted by Crippen LogP contribution is -2.41. The van der Waals surface area contributed by atoms with Gasteiger partial charge in [0.1, 0.15) is 5.54 Å². The van der Waals surface area contributed by atoms with Gasteiger partial charge in [0, 0.05) is 19.7 Å². The van der Waals surface area contributed by atoms with E-state index < -0.39 is 5.54 Å². The number of nitriles is 1. The van der Waals surface area contributed by atoms with E-state index >= 15 is 0 Å². The van der Waals surface area contributed by atoms with Gasteiger partial charge in [-0.3, -0.25) is 0 Å². The number of nitrogens with zero attached hydrogens (tertiary/aromatic N) is 2. The van der Waals surface area contributed by atoms with Crippen LogP contribution in [0.4, 0.5) is 0 Å². The van der Waals surface area contributed by atoms with Crippen molar-refractivity contribution in [2.75, 3.05) is 26.2 Å². The van der Waals surface area contributed by atoms with E-state index in [9.17, 15) is 0 Å². The summed E-state index contributed by atoms with van der Waals surface area (Å²) in [6.07, 6.45) is 3.43. The predicted molar refractivity (Wildman–Crippen MR) is 63.9 cm³/mol. The van der Waals surface area contributed by atoms with Crippen LogP contribution >= 0.6 is 0 Å². The molecular formula is C12H23N3O. The largest absolute Gasteiger partial charge is 0.377 e. The molecule has 2 N–H and O–H groups in total. The van der Waals surface area contributed by atoms with E-state index in [0.29, 0.717) is 12.5 Å². The molecule has 2 unspecified atom stereocenters. The SMILES string of the molecule is CCN(CCC(C)(N)C#N)CC1CCCO1. The molecule has 4 nitrogen and oxygen atoms in total.